The summed E-state index contributed by atoms with van der Waals surface area (Å²) in [6, 6.07) is 11.5. The highest BCUT2D eigenvalue weighted by Crippen LogP contribution is 2.53. The van der Waals surface area contributed by atoms with Crippen LogP contribution in [0.5, 0.6) is 11.5 Å². The van der Waals surface area contributed by atoms with Crippen molar-refractivity contribution in [2.75, 3.05) is 0 Å². The van der Waals surface area contributed by atoms with Crippen LogP contribution in [0.25, 0.3) is 0 Å². The summed E-state index contributed by atoms with van der Waals surface area (Å²) in [5.74, 6) is 2.06. The molecule has 0 amide bonds. The number of hydrogen-bond donors (Lipinski definition) is 0. The largest absolute Gasteiger partial charge is 0.456 e. The lowest BCUT2D eigenvalue weighted by atomic mass is 9.69. The fraction of sp³-hybridized carbons (Fsp3) is 0.556. The second-order valence-corrected chi connectivity index (χ2v) is 12.1. The van der Waals surface area contributed by atoms with Crippen molar-refractivity contribution in [3.8, 4) is 11.5 Å². The molecule has 0 atom stereocenters. The third-order valence-electron chi connectivity index (χ3n) is 6.17. The number of benzene rings is 2. The van der Waals surface area contributed by atoms with E-state index in [2.05, 4.69) is 106 Å². The van der Waals surface area contributed by atoms with E-state index < -0.39 is 0 Å². The molecule has 28 heavy (non-hydrogen) atoms. The molecule has 0 aromatic heterocycles. The summed E-state index contributed by atoms with van der Waals surface area (Å²) in [5, 5.41) is 0. The Morgan fingerprint density at radius 3 is 1.68 bits per heavy atom. The topological polar surface area (TPSA) is 9.23 Å². The smallest absolute Gasteiger partial charge is 0.135 e. The summed E-state index contributed by atoms with van der Waals surface area (Å²) in [6.45, 7) is 25.2. The van der Waals surface area contributed by atoms with Crippen molar-refractivity contribution in [3.05, 3.63) is 58.1 Å². The third-order valence-corrected chi connectivity index (χ3v) is 6.17. The summed E-state index contributed by atoms with van der Waals surface area (Å²) in [7, 11) is 0. The van der Waals surface area contributed by atoms with Crippen molar-refractivity contribution in [2.45, 2.75) is 97.8 Å². The standard InChI is InChI=1S/C27H38O/c1-24(2,3)17-12-13-22-19(14-17)27(10,11)21-16-18(25(4,5)6)15-20(23(21)28-22)26(7,8)9/h12-16H,1-11H3. The molecule has 0 aliphatic carbocycles. The zero-order valence-electron chi connectivity index (χ0n) is 19.8. The van der Waals surface area contributed by atoms with Gasteiger partial charge < -0.3 is 4.74 Å². The average molecular weight is 379 g/mol. The predicted molar refractivity (Wildman–Crippen MR) is 121 cm³/mol. The van der Waals surface area contributed by atoms with Crippen LogP contribution in [0.15, 0.2) is 30.3 Å². The molecule has 0 N–H and O–H groups in total. The molecular weight excluding hydrogens is 340 g/mol. The molecular formula is C27H38O. The van der Waals surface area contributed by atoms with Crippen molar-refractivity contribution < 1.29 is 4.74 Å². The Bertz CT molecular complexity index is 909. The fourth-order valence-electron chi connectivity index (χ4n) is 4.02. The lowest BCUT2D eigenvalue weighted by Crippen LogP contribution is -2.29. The van der Waals surface area contributed by atoms with Crippen molar-refractivity contribution >= 4 is 0 Å². The quantitative estimate of drug-likeness (QED) is 0.451. The summed E-state index contributed by atoms with van der Waals surface area (Å²) in [4.78, 5) is 0. The van der Waals surface area contributed by atoms with Gasteiger partial charge in [0.05, 0.1) is 0 Å². The highest BCUT2D eigenvalue weighted by atomic mass is 16.5. The Labute approximate surface area is 172 Å². The van der Waals surface area contributed by atoms with Crippen LogP contribution in [0.1, 0.15) is 104 Å². The second kappa shape index (κ2) is 6.12. The molecule has 1 nitrogen and oxygen atoms in total. The highest BCUT2D eigenvalue weighted by Gasteiger charge is 2.39. The van der Waals surface area contributed by atoms with E-state index in [1.807, 2.05) is 0 Å². The number of fused-ring (bicyclic) bond motifs is 2. The van der Waals surface area contributed by atoms with Gasteiger partial charge in [-0.2, -0.15) is 0 Å². The lowest BCUT2D eigenvalue weighted by Gasteiger charge is -2.39. The molecule has 3 rings (SSSR count). The van der Waals surface area contributed by atoms with Crippen LogP contribution < -0.4 is 4.74 Å². The minimum absolute atomic E-state index is 0.0181. The Balaban J connectivity index is 2.32. The minimum atomic E-state index is -0.106. The SMILES string of the molecule is CC(C)(C)c1ccc2c(c1)C(C)(C)c1cc(C(C)(C)C)cc(C(C)(C)C)c1O2. The molecule has 0 radical (unpaired) electrons. The summed E-state index contributed by atoms with van der Waals surface area (Å²) < 4.78 is 6.61. The maximum Gasteiger partial charge on any atom is 0.135 e. The second-order valence-electron chi connectivity index (χ2n) is 12.1. The van der Waals surface area contributed by atoms with Crippen LogP contribution in [-0.4, -0.2) is 0 Å². The van der Waals surface area contributed by atoms with Gasteiger partial charge in [-0.05, 0) is 33.4 Å². The Morgan fingerprint density at radius 2 is 1.18 bits per heavy atom. The van der Waals surface area contributed by atoms with Crippen molar-refractivity contribution in [3.63, 3.8) is 0 Å². The van der Waals surface area contributed by atoms with Gasteiger partial charge in [0.1, 0.15) is 11.5 Å². The predicted octanol–water partition coefficient (Wildman–Crippen LogP) is 8.01. The molecule has 1 aliphatic heterocycles. The van der Waals surface area contributed by atoms with Gasteiger partial charge in [0.2, 0.25) is 0 Å². The normalized spacial score (nSPS) is 16.2. The monoisotopic (exact) mass is 378 g/mol. The van der Waals surface area contributed by atoms with E-state index in [9.17, 15) is 0 Å². The summed E-state index contributed by atoms with van der Waals surface area (Å²) >= 11 is 0. The van der Waals surface area contributed by atoms with Crippen LogP contribution in [0, 0.1) is 0 Å². The molecule has 2 aromatic carbocycles. The Kier molecular flexibility index (Phi) is 4.58. The van der Waals surface area contributed by atoms with Crippen molar-refractivity contribution in [1.82, 2.24) is 0 Å². The van der Waals surface area contributed by atoms with Gasteiger partial charge in [0.15, 0.2) is 0 Å². The average Bonchev–Trinajstić information content (AvgIpc) is 2.51. The fourth-order valence-corrected chi connectivity index (χ4v) is 4.02. The third kappa shape index (κ3) is 3.49. The first-order valence-corrected chi connectivity index (χ1v) is 10.6. The van der Waals surface area contributed by atoms with Gasteiger partial charge in [-0.3, -0.25) is 0 Å². The molecule has 0 bridgehead atoms. The molecule has 0 spiro atoms. The first-order valence-electron chi connectivity index (χ1n) is 10.6. The highest BCUT2D eigenvalue weighted by molar-refractivity contribution is 5.62. The van der Waals surface area contributed by atoms with E-state index in [1.165, 1.54) is 27.8 Å². The van der Waals surface area contributed by atoms with E-state index in [0.29, 0.717) is 0 Å². The zero-order chi connectivity index (χ0) is 21.3. The Hall–Kier alpha value is -1.76. The lowest BCUT2D eigenvalue weighted by molar-refractivity contribution is 0.398. The Morgan fingerprint density at radius 1 is 0.643 bits per heavy atom. The molecule has 0 unspecified atom stereocenters. The van der Waals surface area contributed by atoms with Crippen LogP contribution in [0.2, 0.25) is 0 Å². The van der Waals surface area contributed by atoms with E-state index >= 15 is 0 Å². The molecule has 0 fully saturated rings. The first kappa shape index (κ1) is 21.0. The molecule has 1 heterocycles. The molecule has 0 saturated carbocycles. The molecule has 2 aromatic rings. The summed E-state index contributed by atoms with van der Waals surface area (Å²) in [6.07, 6.45) is 0. The van der Waals surface area contributed by atoms with Gasteiger partial charge in [0, 0.05) is 22.1 Å². The number of hydrogen-bond acceptors (Lipinski definition) is 1. The zero-order valence-corrected chi connectivity index (χ0v) is 19.8. The molecule has 1 aliphatic rings. The van der Waals surface area contributed by atoms with Crippen LogP contribution in [0.4, 0.5) is 0 Å². The van der Waals surface area contributed by atoms with E-state index in [-0.39, 0.29) is 21.7 Å². The minimum Gasteiger partial charge on any atom is -0.456 e. The first-order chi connectivity index (χ1) is 12.5. The molecule has 0 saturated heterocycles. The number of ether oxygens (including phenoxy) is 1. The molecule has 1 heteroatoms. The maximum atomic E-state index is 6.61. The maximum absolute atomic E-state index is 6.61. The van der Waals surface area contributed by atoms with E-state index in [1.54, 1.807) is 0 Å². The number of rotatable bonds is 0. The van der Waals surface area contributed by atoms with Crippen molar-refractivity contribution in [1.29, 1.82) is 0 Å². The van der Waals surface area contributed by atoms with Crippen LogP contribution in [0.3, 0.4) is 0 Å². The van der Waals surface area contributed by atoms with Gasteiger partial charge >= 0.3 is 0 Å². The van der Waals surface area contributed by atoms with Gasteiger partial charge in [-0.15, -0.1) is 0 Å². The van der Waals surface area contributed by atoms with E-state index in [4.69, 9.17) is 4.74 Å². The van der Waals surface area contributed by atoms with Crippen LogP contribution in [-0.2, 0) is 21.7 Å². The van der Waals surface area contributed by atoms with Crippen LogP contribution >= 0.6 is 0 Å². The van der Waals surface area contributed by atoms with Crippen molar-refractivity contribution in [2.24, 2.45) is 0 Å². The summed E-state index contributed by atoms with van der Waals surface area (Å²) in [5.41, 5.74) is 6.76. The molecule has 152 valence electrons. The van der Waals surface area contributed by atoms with Gasteiger partial charge in [0.25, 0.3) is 0 Å². The van der Waals surface area contributed by atoms with Gasteiger partial charge in [-0.1, -0.05) is 100 Å². The van der Waals surface area contributed by atoms with Gasteiger partial charge in [-0.25, -0.2) is 0 Å². The van der Waals surface area contributed by atoms with E-state index in [0.717, 1.165) is 11.5 Å².